The maximum Gasteiger partial charge on any atom is 0.337 e. The van der Waals surface area contributed by atoms with Gasteiger partial charge in [-0.1, -0.05) is 43.4 Å². The first-order chi connectivity index (χ1) is 11.3. The highest BCUT2D eigenvalue weighted by Gasteiger charge is 2.14. The summed E-state index contributed by atoms with van der Waals surface area (Å²) in [6, 6.07) is 8.17. The minimum Gasteiger partial charge on any atom is -0.465 e. The van der Waals surface area contributed by atoms with Crippen molar-refractivity contribution in [3.8, 4) is 11.4 Å². The molecule has 0 aliphatic rings. The van der Waals surface area contributed by atoms with Gasteiger partial charge in [-0.2, -0.15) is 0 Å². The molecule has 0 aliphatic carbocycles. The molecule has 5 nitrogen and oxygen atoms in total. The number of benzene rings is 1. The number of ether oxygens (including phenoxy) is 2. The van der Waals surface area contributed by atoms with Crippen molar-refractivity contribution in [2.45, 2.75) is 32.4 Å². The Morgan fingerprint density at radius 3 is 2.50 bits per heavy atom. The van der Waals surface area contributed by atoms with E-state index >= 15 is 0 Å². The van der Waals surface area contributed by atoms with E-state index in [-0.39, 0.29) is 5.97 Å². The number of esters is 1. The summed E-state index contributed by atoms with van der Waals surface area (Å²) in [5, 5.41) is 0.413. The van der Waals surface area contributed by atoms with Gasteiger partial charge in [-0.25, -0.2) is 9.78 Å². The SMILES string of the molecule is COC(=O)c1ccc(-c2nc(Cl)cn2COCC[Si](C)(C)C)cc1. The minimum atomic E-state index is -1.11. The van der Waals surface area contributed by atoms with E-state index in [1.54, 1.807) is 18.3 Å². The molecule has 24 heavy (non-hydrogen) atoms. The van der Waals surface area contributed by atoms with Crippen LogP contribution in [0.25, 0.3) is 11.4 Å². The maximum absolute atomic E-state index is 11.5. The third-order valence-electron chi connectivity index (χ3n) is 3.54. The minimum absolute atomic E-state index is 0.363. The molecule has 0 bridgehead atoms. The second-order valence-corrected chi connectivity index (χ2v) is 12.8. The van der Waals surface area contributed by atoms with Gasteiger partial charge in [0.1, 0.15) is 17.7 Å². The van der Waals surface area contributed by atoms with E-state index < -0.39 is 8.07 Å². The summed E-state index contributed by atoms with van der Waals surface area (Å²) < 4.78 is 12.4. The van der Waals surface area contributed by atoms with Gasteiger partial charge in [0.2, 0.25) is 0 Å². The summed E-state index contributed by atoms with van der Waals surface area (Å²) >= 11 is 6.05. The number of nitrogens with zero attached hydrogens (tertiary/aromatic N) is 2. The zero-order valence-electron chi connectivity index (χ0n) is 14.5. The molecule has 7 heteroatoms. The second kappa shape index (κ2) is 7.96. The van der Waals surface area contributed by atoms with E-state index in [1.165, 1.54) is 7.11 Å². The lowest BCUT2D eigenvalue weighted by atomic mass is 10.1. The Bertz CT molecular complexity index is 693. The molecule has 0 aliphatic heterocycles. The third kappa shape index (κ3) is 5.19. The molecule has 130 valence electrons. The number of hydrogen-bond donors (Lipinski definition) is 0. The first-order valence-electron chi connectivity index (χ1n) is 7.79. The van der Waals surface area contributed by atoms with Crippen molar-refractivity contribution in [2.75, 3.05) is 13.7 Å². The average molecular weight is 367 g/mol. The van der Waals surface area contributed by atoms with E-state index in [9.17, 15) is 4.79 Å². The van der Waals surface area contributed by atoms with Gasteiger partial charge < -0.3 is 14.0 Å². The molecule has 2 rings (SSSR count). The zero-order chi connectivity index (χ0) is 17.7. The number of rotatable bonds is 7. The summed E-state index contributed by atoms with van der Waals surface area (Å²) in [5.41, 5.74) is 1.36. The number of aromatic nitrogens is 2. The standard InChI is InChI=1S/C17H23ClN2O3Si/c1-22-17(21)14-7-5-13(6-8-14)16-19-15(18)11-20(16)12-23-9-10-24(2,3)4/h5-8,11H,9-10,12H2,1-4H3. The van der Waals surface area contributed by atoms with E-state index in [0.717, 1.165) is 18.2 Å². The van der Waals surface area contributed by atoms with Gasteiger partial charge in [0, 0.05) is 26.4 Å². The van der Waals surface area contributed by atoms with Gasteiger partial charge in [0.15, 0.2) is 0 Å². The molecule has 0 N–H and O–H groups in total. The lowest BCUT2D eigenvalue weighted by Gasteiger charge is -2.16. The molecule has 0 atom stereocenters. The number of carbonyl (C=O) groups is 1. The highest BCUT2D eigenvalue weighted by Crippen LogP contribution is 2.22. The highest BCUT2D eigenvalue weighted by molar-refractivity contribution is 6.76. The fourth-order valence-electron chi connectivity index (χ4n) is 2.13. The molecule has 2 aromatic rings. The quantitative estimate of drug-likeness (QED) is 0.416. The van der Waals surface area contributed by atoms with Crippen molar-refractivity contribution in [3.63, 3.8) is 0 Å². The normalized spacial score (nSPS) is 11.5. The predicted molar refractivity (Wildman–Crippen MR) is 98.1 cm³/mol. The van der Waals surface area contributed by atoms with E-state index in [4.69, 9.17) is 21.1 Å². The van der Waals surface area contributed by atoms with Crippen LogP contribution in [-0.4, -0.2) is 37.3 Å². The molecule has 0 saturated carbocycles. The molecule has 0 fully saturated rings. The van der Waals surface area contributed by atoms with Gasteiger partial charge in [0.05, 0.1) is 12.7 Å². The van der Waals surface area contributed by atoms with Gasteiger partial charge in [-0.05, 0) is 18.2 Å². The third-order valence-corrected chi connectivity index (χ3v) is 5.42. The van der Waals surface area contributed by atoms with Crippen LogP contribution in [0.1, 0.15) is 10.4 Å². The van der Waals surface area contributed by atoms with Crippen LogP contribution in [0.3, 0.4) is 0 Å². The molecule has 0 unspecified atom stereocenters. The largest absolute Gasteiger partial charge is 0.465 e. The first kappa shape index (κ1) is 18.7. The van der Waals surface area contributed by atoms with Gasteiger partial charge in [0.25, 0.3) is 0 Å². The highest BCUT2D eigenvalue weighted by atomic mass is 35.5. The Hall–Kier alpha value is -1.63. The van der Waals surface area contributed by atoms with Crippen molar-refractivity contribution in [1.29, 1.82) is 0 Å². The molecular weight excluding hydrogens is 344 g/mol. The second-order valence-electron chi connectivity index (χ2n) is 6.77. The van der Waals surface area contributed by atoms with Crippen molar-refractivity contribution < 1.29 is 14.3 Å². The smallest absolute Gasteiger partial charge is 0.337 e. The predicted octanol–water partition coefficient (Wildman–Crippen LogP) is 4.30. The first-order valence-corrected chi connectivity index (χ1v) is 11.9. The van der Waals surface area contributed by atoms with Crippen LogP contribution >= 0.6 is 11.6 Å². The maximum atomic E-state index is 11.5. The Morgan fingerprint density at radius 2 is 1.92 bits per heavy atom. The Morgan fingerprint density at radius 1 is 1.25 bits per heavy atom. The summed E-state index contributed by atoms with van der Waals surface area (Å²) in [5.74, 6) is 0.349. The van der Waals surface area contributed by atoms with Crippen LogP contribution in [0.2, 0.25) is 30.8 Å². The van der Waals surface area contributed by atoms with Crippen LogP contribution in [0, 0.1) is 0 Å². The van der Waals surface area contributed by atoms with Gasteiger partial charge >= 0.3 is 5.97 Å². The lowest BCUT2D eigenvalue weighted by Crippen LogP contribution is -2.22. The van der Waals surface area contributed by atoms with Crippen LogP contribution in [0.5, 0.6) is 0 Å². The number of halogens is 1. The monoisotopic (exact) mass is 366 g/mol. The number of imidazole rings is 1. The van der Waals surface area contributed by atoms with E-state index in [2.05, 4.69) is 24.6 Å². The van der Waals surface area contributed by atoms with Crippen molar-refractivity contribution >= 4 is 25.6 Å². The Balaban J connectivity index is 2.09. The fourth-order valence-corrected chi connectivity index (χ4v) is 3.08. The number of methoxy groups -OCH3 is 1. The number of hydrogen-bond acceptors (Lipinski definition) is 4. The van der Waals surface area contributed by atoms with Crippen LogP contribution < -0.4 is 0 Å². The van der Waals surface area contributed by atoms with Crippen LogP contribution in [0.15, 0.2) is 30.5 Å². The molecule has 1 aromatic heterocycles. The van der Waals surface area contributed by atoms with Gasteiger partial charge in [-0.3, -0.25) is 0 Å². The Labute approximate surface area is 148 Å². The van der Waals surface area contributed by atoms with Crippen LogP contribution in [-0.2, 0) is 16.2 Å². The van der Waals surface area contributed by atoms with Crippen molar-refractivity contribution in [3.05, 3.63) is 41.2 Å². The molecule has 0 spiro atoms. The van der Waals surface area contributed by atoms with Gasteiger partial charge in [-0.15, -0.1) is 0 Å². The molecular formula is C17H23ClN2O3Si. The fraction of sp³-hybridized carbons (Fsp3) is 0.412. The summed E-state index contributed by atoms with van der Waals surface area (Å²) in [6.45, 7) is 8.08. The van der Waals surface area contributed by atoms with Crippen molar-refractivity contribution in [1.82, 2.24) is 9.55 Å². The molecule has 0 amide bonds. The molecule has 0 saturated heterocycles. The summed E-state index contributed by atoms with van der Waals surface area (Å²) in [6.07, 6.45) is 1.75. The summed E-state index contributed by atoms with van der Waals surface area (Å²) in [7, 11) is 0.253. The van der Waals surface area contributed by atoms with Crippen molar-refractivity contribution in [2.24, 2.45) is 0 Å². The van der Waals surface area contributed by atoms with E-state index in [0.29, 0.717) is 23.3 Å². The molecule has 0 radical (unpaired) electrons. The van der Waals surface area contributed by atoms with Crippen LogP contribution in [0.4, 0.5) is 0 Å². The lowest BCUT2D eigenvalue weighted by molar-refractivity contribution is 0.0600. The summed E-state index contributed by atoms with van der Waals surface area (Å²) in [4.78, 5) is 15.9. The number of carbonyl (C=O) groups excluding carboxylic acids is 1. The molecule has 1 aromatic carbocycles. The Kier molecular flexibility index (Phi) is 6.20. The zero-order valence-corrected chi connectivity index (χ0v) is 16.3. The topological polar surface area (TPSA) is 53.3 Å². The average Bonchev–Trinajstić information content (AvgIpc) is 2.91. The molecule has 1 heterocycles. The van der Waals surface area contributed by atoms with E-state index in [1.807, 2.05) is 16.7 Å².